The second kappa shape index (κ2) is 12.3. The van der Waals surface area contributed by atoms with E-state index in [1.54, 1.807) is 6.08 Å². The van der Waals surface area contributed by atoms with Crippen LogP contribution in [0.3, 0.4) is 0 Å². The lowest BCUT2D eigenvalue weighted by molar-refractivity contribution is -0.131. The molecular weight excluding hydrogens is 384 g/mol. The fourth-order valence-corrected chi connectivity index (χ4v) is 4.46. The van der Waals surface area contributed by atoms with Crippen molar-refractivity contribution in [2.24, 2.45) is 11.8 Å². The molecule has 3 rings (SSSR count). The number of hydrogen-bond acceptors (Lipinski definition) is 2. The molecule has 1 aliphatic carbocycles. The highest BCUT2D eigenvalue weighted by Crippen LogP contribution is 2.32. The number of carboxylic acid groups (broad SMARTS) is 1. The summed E-state index contributed by atoms with van der Waals surface area (Å²) in [6.45, 7) is 3.10. The van der Waals surface area contributed by atoms with E-state index in [9.17, 15) is 4.79 Å². The van der Waals surface area contributed by atoms with Gasteiger partial charge in [0.2, 0.25) is 0 Å². The molecule has 0 spiro atoms. The first-order valence-electron chi connectivity index (χ1n) is 11.9. The van der Waals surface area contributed by atoms with Crippen molar-refractivity contribution < 1.29 is 14.6 Å². The maximum atomic E-state index is 10.6. The average Bonchev–Trinajstić information content (AvgIpc) is 2.81. The highest BCUT2D eigenvalue weighted by atomic mass is 16.5. The maximum Gasteiger partial charge on any atom is 0.328 e. The summed E-state index contributed by atoms with van der Waals surface area (Å²) in [4.78, 5) is 10.6. The summed E-state index contributed by atoms with van der Waals surface area (Å²) in [7, 11) is 0. The minimum Gasteiger partial charge on any atom is -0.493 e. The fraction of sp³-hybridized carbons (Fsp3) is 0.464. The fourth-order valence-electron chi connectivity index (χ4n) is 4.46. The van der Waals surface area contributed by atoms with Crippen molar-refractivity contribution in [2.45, 2.75) is 64.7 Å². The Balaban J connectivity index is 1.41. The smallest absolute Gasteiger partial charge is 0.328 e. The van der Waals surface area contributed by atoms with Gasteiger partial charge in [-0.2, -0.15) is 0 Å². The second-order valence-corrected chi connectivity index (χ2v) is 8.87. The molecule has 1 aliphatic rings. The molecule has 0 unspecified atom stereocenters. The van der Waals surface area contributed by atoms with Gasteiger partial charge >= 0.3 is 5.97 Å². The van der Waals surface area contributed by atoms with Crippen LogP contribution in [0.15, 0.2) is 54.6 Å². The summed E-state index contributed by atoms with van der Waals surface area (Å²) >= 11 is 0. The summed E-state index contributed by atoms with van der Waals surface area (Å²) in [5.74, 6) is 1.64. The lowest BCUT2D eigenvalue weighted by Gasteiger charge is -2.28. The number of rotatable bonds is 11. The Bertz CT molecular complexity index is 812. The summed E-state index contributed by atoms with van der Waals surface area (Å²) in [5.41, 5.74) is 3.11. The molecule has 3 nitrogen and oxygen atoms in total. The van der Waals surface area contributed by atoms with Gasteiger partial charge in [-0.1, -0.05) is 88.3 Å². The third-order valence-corrected chi connectivity index (χ3v) is 6.43. The van der Waals surface area contributed by atoms with Crippen molar-refractivity contribution in [1.82, 2.24) is 0 Å². The monoisotopic (exact) mass is 420 g/mol. The molecule has 1 N–H and O–H groups in total. The molecule has 0 bridgehead atoms. The lowest BCUT2D eigenvalue weighted by atomic mass is 9.80. The average molecular weight is 421 g/mol. The Hall–Kier alpha value is -2.55. The van der Waals surface area contributed by atoms with E-state index in [2.05, 4.69) is 19.1 Å². The zero-order valence-electron chi connectivity index (χ0n) is 18.8. The molecule has 2 aromatic carbocycles. The van der Waals surface area contributed by atoms with E-state index < -0.39 is 5.97 Å². The molecule has 3 heteroatoms. The SMILES string of the molecule is CCCCCCC1CCC(COc2ccc(-c3ccc(C=CC(=O)O)cc3)cc2)CC1. The first kappa shape index (κ1) is 23.1. The maximum absolute atomic E-state index is 10.6. The highest BCUT2D eigenvalue weighted by Gasteiger charge is 2.21. The van der Waals surface area contributed by atoms with Crippen LogP contribution in [0.1, 0.15) is 70.3 Å². The van der Waals surface area contributed by atoms with E-state index in [-0.39, 0.29) is 0 Å². The Morgan fingerprint density at radius 2 is 1.52 bits per heavy atom. The molecule has 0 atom stereocenters. The van der Waals surface area contributed by atoms with Crippen LogP contribution >= 0.6 is 0 Å². The van der Waals surface area contributed by atoms with Gasteiger partial charge in [-0.15, -0.1) is 0 Å². The molecule has 2 aromatic rings. The van der Waals surface area contributed by atoms with Crippen molar-refractivity contribution in [3.63, 3.8) is 0 Å². The van der Waals surface area contributed by atoms with Crippen molar-refractivity contribution in [1.29, 1.82) is 0 Å². The molecule has 0 aliphatic heterocycles. The molecule has 0 radical (unpaired) electrons. The van der Waals surface area contributed by atoms with Crippen molar-refractivity contribution in [3.05, 3.63) is 60.2 Å². The van der Waals surface area contributed by atoms with Crippen molar-refractivity contribution >= 4 is 12.0 Å². The van der Waals surface area contributed by atoms with Gasteiger partial charge in [0.05, 0.1) is 6.61 Å². The first-order valence-corrected chi connectivity index (χ1v) is 11.9. The summed E-state index contributed by atoms with van der Waals surface area (Å²) in [6.07, 6.45) is 15.1. The van der Waals surface area contributed by atoms with E-state index in [0.717, 1.165) is 41.0 Å². The first-order chi connectivity index (χ1) is 15.1. The Kier molecular flexibility index (Phi) is 9.20. The third-order valence-electron chi connectivity index (χ3n) is 6.43. The van der Waals surface area contributed by atoms with Gasteiger partial charge in [-0.05, 0) is 59.6 Å². The molecule has 1 fully saturated rings. The van der Waals surface area contributed by atoms with Crippen LogP contribution in [0.25, 0.3) is 17.2 Å². The van der Waals surface area contributed by atoms with Crippen LogP contribution in [0, 0.1) is 11.8 Å². The highest BCUT2D eigenvalue weighted by molar-refractivity contribution is 5.85. The number of ether oxygens (including phenoxy) is 1. The Labute approximate surface area is 187 Å². The molecule has 31 heavy (non-hydrogen) atoms. The van der Waals surface area contributed by atoms with E-state index in [4.69, 9.17) is 9.84 Å². The number of carbonyl (C=O) groups is 1. The van der Waals surface area contributed by atoms with E-state index in [1.807, 2.05) is 36.4 Å². The normalized spacial score (nSPS) is 18.9. The second-order valence-electron chi connectivity index (χ2n) is 8.87. The van der Waals surface area contributed by atoms with Crippen LogP contribution < -0.4 is 4.74 Å². The molecule has 0 heterocycles. The largest absolute Gasteiger partial charge is 0.493 e. The number of carboxylic acids is 1. The van der Waals surface area contributed by atoms with E-state index in [0.29, 0.717) is 5.92 Å². The number of aliphatic carboxylic acids is 1. The molecule has 0 aromatic heterocycles. The predicted molar refractivity (Wildman–Crippen MR) is 128 cm³/mol. The molecule has 0 amide bonds. The molecular formula is C28H36O3. The minimum absolute atomic E-state index is 0.693. The van der Waals surface area contributed by atoms with Gasteiger partial charge in [0.15, 0.2) is 0 Å². The van der Waals surface area contributed by atoms with Crippen LogP contribution in [0.4, 0.5) is 0 Å². The van der Waals surface area contributed by atoms with Crippen molar-refractivity contribution in [3.8, 4) is 16.9 Å². The topological polar surface area (TPSA) is 46.5 Å². The summed E-state index contributed by atoms with van der Waals surface area (Å²) in [5, 5.41) is 8.72. The van der Waals surface area contributed by atoms with Gasteiger partial charge in [0.25, 0.3) is 0 Å². The van der Waals surface area contributed by atoms with Gasteiger partial charge in [-0.25, -0.2) is 4.79 Å². The molecule has 0 saturated heterocycles. The minimum atomic E-state index is -0.935. The third kappa shape index (κ3) is 7.90. The van der Waals surface area contributed by atoms with E-state index in [1.165, 1.54) is 57.8 Å². The molecule has 166 valence electrons. The lowest BCUT2D eigenvalue weighted by Crippen LogP contribution is -2.20. The predicted octanol–water partition coefficient (Wildman–Crippen LogP) is 7.61. The van der Waals surface area contributed by atoms with Crippen LogP contribution in [-0.4, -0.2) is 17.7 Å². The number of benzene rings is 2. The van der Waals surface area contributed by atoms with Gasteiger partial charge in [-0.3, -0.25) is 0 Å². The van der Waals surface area contributed by atoms with Crippen molar-refractivity contribution in [2.75, 3.05) is 6.61 Å². The zero-order valence-corrected chi connectivity index (χ0v) is 18.8. The van der Waals surface area contributed by atoms with Gasteiger partial charge < -0.3 is 9.84 Å². The Morgan fingerprint density at radius 1 is 0.903 bits per heavy atom. The number of unbranched alkanes of at least 4 members (excludes halogenated alkanes) is 3. The Morgan fingerprint density at radius 3 is 2.13 bits per heavy atom. The van der Waals surface area contributed by atoms with E-state index >= 15 is 0 Å². The number of hydrogen-bond donors (Lipinski definition) is 1. The summed E-state index contributed by atoms with van der Waals surface area (Å²) < 4.78 is 6.09. The van der Waals surface area contributed by atoms with Crippen LogP contribution in [0.5, 0.6) is 5.75 Å². The van der Waals surface area contributed by atoms with Gasteiger partial charge in [0, 0.05) is 6.08 Å². The summed E-state index contributed by atoms with van der Waals surface area (Å²) in [6, 6.07) is 16.2. The van der Waals surface area contributed by atoms with Crippen LogP contribution in [0.2, 0.25) is 0 Å². The molecule has 1 saturated carbocycles. The standard InChI is InChI=1S/C28H36O3/c1-2-3-4-5-6-22-7-9-24(10-8-22)21-31-27-18-16-26(17-19-27)25-14-11-23(12-15-25)13-20-28(29)30/h11-20,22,24H,2-10,21H2,1H3,(H,29,30). The van der Waals surface area contributed by atoms with Crippen LogP contribution in [-0.2, 0) is 4.79 Å². The quantitative estimate of drug-likeness (QED) is 0.300. The van der Waals surface area contributed by atoms with Gasteiger partial charge in [0.1, 0.15) is 5.75 Å². The zero-order chi connectivity index (χ0) is 21.9.